The van der Waals surface area contributed by atoms with Gasteiger partial charge in [-0.15, -0.1) is 0 Å². The van der Waals surface area contributed by atoms with Gasteiger partial charge >= 0.3 is 0 Å². The van der Waals surface area contributed by atoms with Crippen LogP contribution >= 0.6 is 0 Å². The molecule has 6 heteroatoms. The van der Waals surface area contributed by atoms with Crippen molar-refractivity contribution in [3.05, 3.63) is 65.7 Å². The maximum absolute atomic E-state index is 13.3. The molecule has 5 nitrogen and oxygen atoms in total. The van der Waals surface area contributed by atoms with E-state index >= 15 is 0 Å². The third-order valence-corrected chi connectivity index (χ3v) is 3.99. The molecular weight excluding hydrogens is 311 g/mol. The Bertz CT molecular complexity index is 964. The highest BCUT2D eigenvalue weighted by Crippen LogP contribution is 2.26. The number of fused-ring (bicyclic) bond motifs is 2. The Hall–Kier alpha value is -3.15. The van der Waals surface area contributed by atoms with Crippen LogP contribution in [0.25, 0.3) is 11.0 Å². The SMILES string of the molecule is O=C1NCCN(C(=O)c2cc3cc(F)ccc3o2)c2ccccc21. The van der Waals surface area contributed by atoms with E-state index in [-0.39, 0.29) is 17.6 Å². The Morgan fingerprint density at radius 3 is 2.88 bits per heavy atom. The smallest absolute Gasteiger partial charge is 0.294 e. The average Bonchev–Trinajstić information content (AvgIpc) is 2.93. The van der Waals surface area contributed by atoms with Gasteiger partial charge in [-0.1, -0.05) is 12.1 Å². The van der Waals surface area contributed by atoms with Gasteiger partial charge in [-0.2, -0.15) is 0 Å². The van der Waals surface area contributed by atoms with E-state index in [2.05, 4.69) is 5.32 Å². The molecule has 0 spiro atoms. The molecule has 0 atom stereocenters. The molecule has 0 bridgehead atoms. The minimum absolute atomic E-state index is 0.111. The molecule has 1 aliphatic heterocycles. The van der Waals surface area contributed by atoms with Gasteiger partial charge in [0, 0.05) is 18.5 Å². The van der Waals surface area contributed by atoms with Crippen molar-refractivity contribution in [1.82, 2.24) is 5.32 Å². The summed E-state index contributed by atoms with van der Waals surface area (Å²) >= 11 is 0. The lowest BCUT2D eigenvalue weighted by Gasteiger charge is -2.20. The number of carbonyl (C=O) groups is 2. The first kappa shape index (κ1) is 14.4. The lowest BCUT2D eigenvalue weighted by atomic mass is 10.1. The molecule has 1 aromatic heterocycles. The van der Waals surface area contributed by atoms with E-state index in [0.29, 0.717) is 35.3 Å². The maximum Gasteiger partial charge on any atom is 0.294 e. The number of furan rings is 1. The fourth-order valence-electron chi connectivity index (χ4n) is 2.86. The van der Waals surface area contributed by atoms with Gasteiger partial charge in [0.25, 0.3) is 11.8 Å². The van der Waals surface area contributed by atoms with Crippen molar-refractivity contribution in [2.45, 2.75) is 0 Å². The van der Waals surface area contributed by atoms with E-state index in [4.69, 9.17) is 4.42 Å². The molecule has 120 valence electrons. The third-order valence-electron chi connectivity index (χ3n) is 3.99. The van der Waals surface area contributed by atoms with Crippen LogP contribution in [-0.4, -0.2) is 24.9 Å². The largest absolute Gasteiger partial charge is 0.451 e. The zero-order chi connectivity index (χ0) is 16.7. The van der Waals surface area contributed by atoms with Crippen LogP contribution in [-0.2, 0) is 0 Å². The molecule has 3 aromatic rings. The van der Waals surface area contributed by atoms with Crippen molar-refractivity contribution in [2.24, 2.45) is 0 Å². The Kier molecular flexibility index (Phi) is 3.30. The summed E-state index contributed by atoms with van der Waals surface area (Å²) in [6.45, 7) is 0.668. The van der Waals surface area contributed by atoms with E-state index in [9.17, 15) is 14.0 Å². The number of amides is 2. The number of carbonyl (C=O) groups excluding carboxylic acids is 2. The topological polar surface area (TPSA) is 62.6 Å². The summed E-state index contributed by atoms with van der Waals surface area (Å²) < 4.78 is 18.9. The van der Waals surface area contributed by atoms with Gasteiger partial charge in [0.15, 0.2) is 5.76 Å². The van der Waals surface area contributed by atoms with Gasteiger partial charge in [-0.3, -0.25) is 9.59 Å². The molecule has 0 unspecified atom stereocenters. The van der Waals surface area contributed by atoms with Crippen molar-refractivity contribution in [3.8, 4) is 0 Å². The lowest BCUT2D eigenvalue weighted by Crippen LogP contribution is -2.34. The first-order chi connectivity index (χ1) is 11.6. The van der Waals surface area contributed by atoms with E-state index in [0.717, 1.165) is 0 Å². The Morgan fingerprint density at radius 1 is 1.17 bits per heavy atom. The molecular formula is C18H13FN2O3. The van der Waals surface area contributed by atoms with Gasteiger partial charge < -0.3 is 14.6 Å². The number of nitrogens with zero attached hydrogens (tertiary/aromatic N) is 1. The summed E-state index contributed by atoms with van der Waals surface area (Å²) in [5.74, 6) is -0.861. The number of rotatable bonds is 1. The highest BCUT2D eigenvalue weighted by molar-refractivity contribution is 6.11. The Labute approximate surface area is 136 Å². The minimum atomic E-state index is -0.391. The quantitative estimate of drug-likeness (QED) is 0.748. The van der Waals surface area contributed by atoms with Gasteiger partial charge in [-0.05, 0) is 36.4 Å². The van der Waals surface area contributed by atoms with Gasteiger partial charge in [0.1, 0.15) is 11.4 Å². The van der Waals surface area contributed by atoms with Crippen molar-refractivity contribution >= 4 is 28.5 Å². The monoisotopic (exact) mass is 324 g/mol. The summed E-state index contributed by atoms with van der Waals surface area (Å²) in [5.41, 5.74) is 1.41. The lowest BCUT2D eigenvalue weighted by molar-refractivity contribution is 0.0948. The fraction of sp³-hybridized carbons (Fsp3) is 0.111. The van der Waals surface area contributed by atoms with Crippen LogP contribution in [0.3, 0.4) is 0 Å². The van der Waals surface area contributed by atoms with Crippen LogP contribution < -0.4 is 10.2 Å². The molecule has 0 aliphatic carbocycles. The molecule has 0 radical (unpaired) electrons. The molecule has 2 aromatic carbocycles. The summed E-state index contributed by atoms with van der Waals surface area (Å²) in [6, 6.07) is 12.5. The predicted octanol–water partition coefficient (Wildman–Crippen LogP) is 2.96. The molecule has 1 N–H and O–H groups in total. The van der Waals surface area contributed by atoms with Crippen molar-refractivity contribution in [3.63, 3.8) is 0 Å². The summed E-state index contributed by atoms with van der Waals surface area (Å²) in [4.78, 5) is 26.5. The van der Waals surface area contributed by atoms with Crippen LogP contribution in [0, 0.1) is 5.82 Å². The van der Waals surface area contributed by atoms with Crippen molar-refractivity contribution in [2.75, 3.05) is 18.0 Å². The summed E-state index contributed by atoms with van der Waals surface area (Å²) in [5, 5.41) is 3.28. The van der Waals surface area contributed by atoms with Gasteiger partial charge in [-0.25, -0.2) is 4.39 Å². The third kappa shape index (κ3) is 2.32. The normalized spacial score (nSPS) is 14.2. The molecule has 24 heavy (non-hydrogen) atoms. The number of benzene rings is 2. The molecule has 1 aliphatic rings. The standard InChI is InChI=1S/C18H13FN2O3/c19-12-5-6-15-11(9-12)10-16(24-15)18(23)21-8-7-20-17(22)13-3-1-2-4-14(13)21/h1-6,9-10H,7-8H2,(H,20,22). The van der Waals surface area contributed by atoms with Crippen LogP contribution in [0.5, 0.6) is 0 Å². The van der Waals surface area contributed by atoms with Crippen LogP contribution in [0.4, 0.5) is 10.1 Å². The fourth-order valence-corrected chi connectivity index (χ4v) is 2.86. The number of anilines is 1. The van der Waals surface area contributed by atoms with E-state index in [1.54, 1.807) is 24.3 Å². The molecule has 0 fully saturated rings. The van der Waals surface area contributed by atoms with Crippen LogP contribution in [0.2, 0.25) is 0 Å². The minimum Gasteiger partial charge on any atom is -0.451 e. The highest BCUT2D eigenvalue weighted by atomic mass is 19.1. The average molecular weight is 324 g/mol. The molecule has 4 rings (SSSR count). The predicted molar refractivity (Wildman–Crippen MR) is 86.6 cm³/mol. The van der Waals surface area contributed by atoms with E-state index in [1.807, 2.05) is 0 Å². The second-order valence-corrected chi connectivity index (χ2v) is 5.52. The number of hydrogen-bond donors (Lipinski definition) is 1. The molecule has 0 saturated carbocycles. The number of hydrogen-bond acceptors (Lipinski definition) is 3. The van der Waals surface area contributed by atoms with Crippen molar-refractivity contribution in [1.29, 1.82) is 0 Å². The number of nitrogens with one attached hydrogen (secondary N) is 1. The zero-order valence-electron chi connectivity index (χ0n) is 12.6. The molecule has 2 heterocycles. The molecule has 0 saturated heterocycles. The summed E-state index contributed by atoms with van der Waals surface area (Å²) in [7, 11) is 0. The van der Waals surface area contributed by atoms with Crippen molar-refractivity contribution < 1.29 is 18.4 Å². The number of halogens is 1. The summed E-state index contributed by atoms with van der Waals surface area (Å²) in [6.07, 6.45) is 0. The Morgan fingerprint density at radius 2 is 2.00 bits per heavy atom. The number of para-hydroxylation sites is 1. The zero-order valence-corrected chi connectivity index (χ0v) is 12.6. The van der Waals surface area contributed by atoms with Gasteiger partial charge in [0.2, 0.25) is 0 Å². The Balaban J connectivity index is 1.77. The van der Waals surface area contributed by atoms with E-state index < -0.39 is 5.82 Å². The van der Waals surface area contributed by atoms with Gasteiger partial charge in [0.05, 0.1) is 11.3 Å². The first-order valence-electron chi connectivity index (χ1n) is 7.52. The van der Waals surface area contributed by atoms with Crippen LogP contribution in [0.15, 0.2) is 52.9 Å². The molecule has 2 amide bonds. The van der Waals surface area contributed by atoms with Crippen LogP contribution in [0.1, 0.15) is 20.9 Å². The second kappa shape index (κ2) is 5.49. The van der Waals surface area contributed by atoms with E-state index in [1.165, 1.54) is 29.2 Å². The maximum atomic E-state index is 13.3. The second-order valence-electron chi connectivity index (χ2n) is 5.52. The highest BCUT2D eigenvalue weighted by Gasteiger charge is 2.27. The first-order valence-corrected chi connectivity index (χ1v) is 7.52.